The van der Waals surface area contributed by atoms with Gasteiger partial charge in [0.1, 0.15) is 5.54 Å². The van der Waals surface area contributed by atoms with Crippen LogP contribution in [-0.4, -0.2) is 34.7 Å². The van der Waals surface area contributed by atoms with E-state index in [1.165, 1.54) is 30.5 Å². The Balaban J connectivity index is 1.75. The number of aromatic carboxylic acids is 1. The highest BCUT2D eigenvalue weighted by molar-refractivity contribution is 6.07. The van der Waals surface area contributed by atoms with Crippen molar-refractivity contribution in [2.45, 2.75) is 37.6 Å². The summed E-state index contributed by atoms with van der Waals surface area (Å²) < 4.78 is 0. The van der Waals surface area contributed by atoms with Crippen molar-refractivity contribution in [1.29, 1.82) is 0 Å². The molecule has 0 unspecified atom stereocenters. The molecule has 1 N–H and O–H groups in total. The second-order valence-electron chi connectivity index (χ2n) is 5.84. The van der Waals surface area contributed by atoms with E-state index >= 15 is 0 Å². The van der Waals surface area contributed by atoms with Gasteiger partial charge < -0.3 is 15.2 Å². The zero-order chi connectivity index (χ0) is 16.4. The van der Waals surface area contributed by atoms with Gasteiger partial charge in [-0.3, -0.25) is 4.79 Å². The van der Waals surface area contributed by atoms with Crippen LogP contribution in [0.15, 0.2) is 29.4 Å². The first-order valence-corrected chi connectivity index (χ1v) is 7.54. The van der Waals surface area contributed by atoms with Gasteiger partial charge in [0.2, 0.25) is 0 Å². The van der Waals surface area contributed by atoms with E-state index in [0.717, 1.165) is 24.3 Å². The normalized spacial score (nSPS) is 20.3. The number of hydrogen-bond acceptors (Lipinski definition) is 5. The standard InChI is InChI=1S/C16H17N3O4/c20-13(21)12-6-4-11(5-7-12)10-17-19-14(22)16(18-15(19)23)8-2-1-3-9-16/h4-7,10H,1-3,8-9H2,(H,18,23)(H,20,21)/p-1. The Bertz CT molecular complexity index is 675. The number of rotatable bonds is 3. The number of carboxylic acids is 1. The average Bonchev–Trinajstić information content (AvgIpc) is 2.77. The molecule has 0 aromatic heterocycles. The van der Waals surface area contributed by atoms with Crippen molar-refractivity contribution in [3.63, 3.8) is 0 Å². The summed E-state index contributed by atoms with van der Waals surface area (Å²) in [5.74, 6) is -1.58. The fraction of sp³-hybridized carbons (Fsp3) is 0.375. The van der Waals surface area contributed by atoms with Crippen LogP contribution in [0.3, 0.4) is 0 Å². The van der Waals surface area contributed by atoms with Crippen LogP contribution in [0.4, 0.5) is 4.79 Å². The lowest BCUT2D eigenvalue weighted by Gasteiger charge is -2.29. The van der Waals surface area contributed by atoms with Gasteiger partial charge in [0, 0.05) is 0 Å². The molecule has 1 saturated heterocycles. The molecular formula is C16H16N3O4-. The van der Waals surface area contributed by atoms with Crippen LogP contribution in [0.25, 0.3) is 0 Å². The highest BCUT2D eigenvalue weighted by Gasteiger charge is 2.51. The maximum absolute atomic E-state index is 12.5. The summed E-state index contributed by atoms with van der Waals surface area (Å²) in [6, 6.07) is 5.31. The van der Waals surface area contributed by atoms with Crippen molar-refractivity contribution >= 4 is 24.1 Å². The first-order chi connectivity index (χ1) is 11.0. The van der Waals surface area contributed by atoms with Gasteiger partial charge in [0.25, 0.3) is 5.91 Å². The van der Waals surface area contributed by atoms with Crippen molar-refractivity contribution in [3.8, 4) is 0 Å². The van der Waals surface area contributed by atoms with Gasteiger partial charge in [-0.2, -0.15) is 5.10 Å². The Kier molecular flexibility index (Phi) is 3.85. The van der Waals surface area contributed by atoms with Gasteiger partial charge in [-0.15, -0.1) is 5.01 Å². The molecule has 1 aromatic rings. The average molecular weight is 314 g/mol. The molecule has 0 bridgehead atoms. The molecule has 7 heteroatoms. The van der Waals surface area contributed by atoms with E-state index in [9.17, 15) is 19.5 Å². The minimum atomic E-state index is -1.26. The Hall–Kier alpha value is -2.70. The Morgan fingerprint density at radius 2 is 1.83 bits per heavy atom. The second kappa shape index (κ2) is 5.83. The number of urea groups is 1. The van der Waals surface area contributed by atoms with E-state index in [1.54, 1.807) is 0 Å². The van der Waals surface area contributed by atoms with E-state index in [0.29, 0.717) is 18.4 Å². The minimum absolute atomic E-state index is 0.0540. The molecule has 1 aliphatic heterocycles. The largest absolute Gasteiger partial charge is 0.545 e. The zero-order valence-corrected chi connectivity index (χ0v) is 12.4. The Morgan fingerprint density at radius 3 is 2.43 bits per heavy atom. The third kappa shape index (κ3) is 2.81. The van der Waals surface area contributed by atoms with E-state index in [2.05, 4.69) is 10.4 Å². The molecule has 120 valence electrons. The van der Waals surface area contributed by atoms with Crippen LogP contribution in [0.5, 0.6) is 0 Å². The van der Waals surface area contributed by atoms with Crippen LogP contribution >= 0.6 is 0 Å². The van der Waals surface area contributed by atoms with Crippen LogP contribution in [0.2, 0.25) is 0 Å². The number of amides is 3. The molecule has 1 spiro atoms. The van der Waals surface area contributed by atoms with Gasteiger partial charge in [-0.05, 0) is 24.0 Å². The molecule has 3 rings (SSSR count). The van der Waals surface area contributed by atoms with E-state index < -0.39 is 17.5 Å². The number of carbonyl (C=O) groups is 3. The Morgan fingerprint density at radius 1 is 1.17 bits per heavy atom. The molecule has 1 heterocycles. The lowest BCUT2D eigenvalue weighted by Crippen LogP contribution is -2.48. The van der Waals surface area contributed by atoms with Crippen molar-refractivity contribution in [2.75, 3.05) is 0 Å². The number of imide groups is 1. The van der Waals surface area contributed by atoms with Crippen molar-refractivity contribution in [1.82, 2.24) is 10.3 Å². The lowest BCUT2D eigenvalue weighted by molar-refractivity contribution is -0.255. The highest BCUT2D eigenvalue weighted by atomic mass is 16.4. The van der Waals surface area contributed by atoms with Gasteiger partial charge in [0.05, 0.1) is 12.2 Å². The van der Waals surface area contributed by atoms with E-state index in [4.69, 9.17) is 0 Å². The van der Waals surface area contributed by atoms with E-state index in [-0.39, 0.29) is 11.5 Å². The van der Waals surface area contributed by atoms with Crippen LogP contribution in [0.1, 0.15) is 48.0 Å². The quantitative estimate of drug-likeness (QED) is 0.653. The molecular weight excluding hydrogens is 298 g/mol. The molecule has 1 aromatic carbocycles. The van der Waals surface area contributed by atoms with Crippen molar-refractivity contribution < 1.29 is 19.5 Å². The summed E-state index contributed by atoms with van der Waals surface area (Å²) in [4.78, 5) is 35.2. The first-order valence-electron chi connectivity index (χ1n) is 7.54. The monoisotopic (exact) mass is 314 g/mol. The molecule has 0 atom stereocenters. The topological polar surface area (TPSA) is 102 Å². The van der Waals surface area contributed by atoms with E-state index in [1.807, 2.05) is 0 Å². The summed E-state index contributed by atoms with van der Waals surface area (Å²) in [6.45, 7) is 0. The third-order valence-electron chi connectivity index (χ3n) is 4.32. The lowest BCUT2D eigenvalue weighted by atomic mass is 9.82. The molecule has 23 heavy (non-hydrogen) atoms. The number of hydrazone groups is 1. The van der Waals surface area contributed by atoms with Gasteiger partial charge in [0.15, 0.2) is 0 Å². The number of nitrogens with one attached hydrogen (secondary N) is 1. The SMILES string of the molecule is O=C([O-])c1ccc(C=NN2C(=O)NC3(CCCCC3)C2=O)cc1. The molecule has 1 aliphatic carbocycles. The smallest absolute Gasteiger partial charge is 0.346 e. The Labute approximate surface area is 133 Å². The van der Waals surface area contributed by atoms with Crippen LogP contribution in [-0.2, 0) is 4.79 Å². The third-order valence-corrected chi connectivity index (χ3v) is 4.32. The van der Waals surface area contributed by atoms with Gasteiger partial charge >= 0.3 is 6.03 Å². The predicted molar refractivity (Wildman–Crippen MR) is 79.6 cm³/mol. The molecule has 7 nitrogen and oxygen atoms in total. The van der Waals surface area contributed by atoms with Gasteiger partial charge in [-0.1, -0.05) is 43.5 Å². The molecule has 2 aliphatic rings. The second-order valence-corrected chi connectivity index (χ2v) is 5.84. The fourth-order valence-corrected chi connectivity index (χ4v) is 3.03. The summed E-state index contributed by atoms with van der Waals surface area (Å²) in [5, 5.41) is 18.3. The predicted octanol–water partition coefficient (Wildman–Crippen LogP) is 0.639. The summed E-state index contributed by atoms with van der Waals surface area (Å²) in [6.07, 6.45) is 5.54. The zero-order valence-electron chi connectivity index (χ0n) is 12.4. The maximum Gasteiger partial charge on any atom is 0.346 e. The first kappa shape index (κ1) is 15.2. The minimum Gasteiger partial charge on any atom is -0.545 e. The number of carboxylic acid groups (broad SMARTS) is 1. The molecule has 1 saturated carbocycles. The number of carbonyl (C=O) groups excluding carboxylic acids is 3. The maximum atomic E-state index is 12.5. The van der Waals surface area contributed by atoms with Crippen LogP contribution in [0, 0.1) is 0 Å². The van der Waals surface area contributed by atoms with Crippen molar-refractivity contribution in [3.05, 3.63) is 35.4 Å². The molecule has 0 radical (unpaired) electrons. The number of nitrogens with zero attached hydrogens (tertiary/aromatic N) is 2. The highest BCUT2D eigenvalue weighted by Crippen LogP contribution is 2.33. The number of benzene rings is 1. The summed E-state index contributed by atoms with van der Waals surface area (Å²) in [5.41, 5.74) is -0.163. The summed E-state index contributed by atoms with van der Waals surface area (Å²) >= 11 is 0. The van der Waals surface area contributed by atoms with Crippen molar-refractivity contribution in [2.24, 2.45) is 5.10 Å². The number of hydrogen-bond donors (Lipinski definition) is 1. The van der Waals surface area contributed by atoms with Gasteiger partial charge in [-0.25, -0.2) is 4.79 Å². The summed E-state index contributed by atoms with van der Waals surface area (Å²) in [7, 11) is 0. The fourth-order valence-electron chi connectivity index (χ4n) is 3.03. The molecule has 3 amide bonds. The van der Waals surface area contributed by atoms with Crippen LogP contribution < -0.4 is 10.4 Å². The molecule has 2 fully saturated rings.